The van der Waals surface area contributed by atoms with Gasteiger partial charge in [-0.2, -0.15) is 18.3 Å². The summed E-state index contributed by atoms with van der Waals surface area (Å²) in [6.45, 7) is 1.35. The van der Waals surface area contributed by atoms with Crippen LogP contribution in [0.1, 0.15) is 27.0 Å². The van der Waals surface area contributed by atoms with Gasteiger partial charge in [0.2, 0.25) is 0 Å². The number of hydrazone groups is 1. The monoisotopic (exact) mass is 531 g/mol. The normalized spacial score (nSPS) is 14.0. The number of hydrogen-bond donors (Lipinski definition) is 3. The quantitative estimate of drug-likeness (QED) is 0.200. The number of carbonyl (C=O) groups is 2. The Morgan fingerprint density at radius 3 is 2.38 bits per heavy atom. The third-order valence-corrected chi connectivity index (χ3v) is 6.34. The zero-order valence-electron chi connectivity index (χ0n) is 20.3. The Morgan fingerprint density at radius 1 is 0.923 bits per heavy atom. The van der Waals surface area contributed by atoms with Crippen LogP contribution in [0.3, 0.4) is 0 Å². The van der Waals surface area contributed by atoms with E-state index in [2.05, 4.69) is 10.5 Å². The number of fused-ring (bicyclic) bond motifs is 1. The van der Waals surface area contributed by atoms with E-state index in [9.17, 15) is 33.0 Å². The number of aromatic carboxylic acids is 1. The van der Waals surface area contributed by atoms with Crippen LogP contribution in [0.2, 0.25) is 0 Å². The van der Waals surface area contributed by atoms with Crippen molar-refractivity contribution in [3.05, 3.63) is 107 Å². The van der Waals surface area contributed by atoms with Gasteiger partial charge in [0.1, 0.15) is 5.75 Å². The Morgan fingerprint density at radius 2 is 1.64 bits per heavy atom. The molecule has 0 spiro atoms. The maximum absolute atomic E-state index is 13.6. The average molecular weight is 531 g/mol. The highest BCUT2D eigenvalue weighted by Gasteiger charge is 2.38. The Kier molecular flexibility index (Phi) is 6.31. The number of phenols is 1. The summed E-state index contributed by atoms with van der Waals surface area (Å²) in [6, 6.07) is 21.0. The Hall–Kier alpha value is -5.12. The second-order valence-corrected chi connectivity index (χ2v) is 8.81. The van der Waals surface area contributed by atoms with E-state index in [4.69, 9.17) is 0 Å². The SMILES string of the molecule is Cc1ccc(N2C(=O)C(=NNc3cccc(-c4cccc(C(=O)O)c4)c3O)c3ccccc32)cc1C(F)(F)F. The first kappa shape index (κ1) is 25.5. The number of nitrogens with zero attached hydrogens (tertiary/aromatic N) is 2. The van der Waals surface area contributed by atoms with Gasteiger partial charge in [0.25, 0.3) is 5.91 Å². The minimum absolute atomic E-state index is 0.0333. The number of carbonyl (C=O) groups excluding carboxylic acids is 1. The van der Waals surface area contributed by atoms with Gasteiger partial charge < -0.3 is 10.2 Å². The van der Waals surface area contributed by atoms with Crippen molar-refractivity contribution in [2.75, 3.05) is 10.3 Å². The topological polar surface area (TPSA) is 102 Å². The van der Waals surface area contributed by atoms with Crippen LogP contribution in [-0.2, 0) is 11.0 Å². The highest BCUT2D eigenvalue weighted by atomic mass is 19.4. The molecule has 1 aliphatic heterocycles. The van der Waals surface area contributed by atoms with Crippen LogP contribution in [0.4, 0.5) is 30.2 Å². The third kappa shape index (κ3) is 4.68. The fourth-order valence-corrected chi connectivity index (χ4v) is 4.42. The average Bonchev–Trinajstić information content (AvgIpc) is 3.19. The smallest absolute Gasteiger partial charge is 0.416 e. The molecule has 0 bridgehead atoms. The lowest BCUT2D eigenvalue weighted by molar-refractivity contribution is -0.138. The molecule has 0 saturated heterocycles. The summed E-state index contributed by atoms with van der Waals surface area (Å²) in [5, 5.41) is 24.4. The lowest BCUT2D eigenvalue weighted by atomic mass is 10.0. The van der Waals surface area contributed by atoms with E-state index in [1.54, 1.807) is 48.5 Å². The molecule has 1 aliphatic rings. The number of aryl methyl sites for hydroxylation is 1. The number of hydrogen-bond acceptors (Lipinski definition) is 5. The van der Waals surface area contributed by atoms with Crippen LogP contribution >= 0.6 is 0 Å². The molecule has 0 fully saturated rings. The lowest BCUT2D eigenvalue weighted by Crippen LogP contribution is -2.26. The van der Waals surface area contributed by atoms with Gasteiger partial charge in [0.15, 0.2) is 5.71 Å². The summed E-state index contributed by atoms with van der Waals surface area (Å²) in [5.74, 6) is -1.99. The number of benzene rings is 4. The molecule has 0 radical (unpaired) electrons. The minimum atomic E-state index is -4.59. The molecule has 0 aromatic heterocycles. The van der Waals surface area contributed by atoms with Gasteiger partial charge >= 0.3 is 12.1 Å². The fraction of sp³-hybridized carbons (Fsp3) is 0.0690. The van der Waals surface area contributed by atoms with E-state index in [1.807, 2.05) is 0 Å². The Balaban J connectivity index is 1.52. The number of aromatic hydroxyl groups is 1. The molecular weight excluding hydrogens is 511 g/mol. The van der Waals surface area contributed by atoms with Crippen LogP contribution in [-0.4, -0.2) is 27.8 Å². The first-order chi connectivity index (χ1) is 18.6. The number of amides is 1. The molecule has 10 heteroatoms. The number of alkyl halides is 3. The third-order valence-electron chi connectivity index (χ3n) is 6.34. The first-order valence-electron chi connectivity index (χ1n) is 11.7. The standard InChI is InChI=1S/C29H20F3N3O4/c1-16-12-13-19(15-22(16)29(30,31)32)35-24-11-3-2-8-21(24)25(27(35)37)34-33-23-10-5-9-20(26(23)36)17-6-4-7-18(14-17)28(38)39/h2-15,33,36H,1H3,(H,38,39). The Labute approximate surface area is 220 Å². The molecular formula is C29H20F3N3O4. The van der Waals surface area contributed by atoms with E-state index in [0.29, 0.717) is 22.4 Å². The predicted octanol–water partition coefficient (Wildman–Crippen LogP) is 6.58. The highest BCUT2D eigenvalue weighted by Crippen LogP contribution is 2.40. The van der Waals surface area contributed by atoms with Gasteiger partial charge in [-0.15, -0.1) is 0 Å². The van der Waals surface area contributed by atoms with Crippen molar-refractivity contribution >= 4 is 34.7 Å². The highest BCUT2D eigenvalue weighted by molar-refractivity contribution is 6.55. The number of anilines is 3. The van der Waals surface area contributed by atoms with Gasteiger partial charge in [0.05, 0.1) is 22.5 Å². The van der Waals surface area contributed by atoms with Crippen LogP contribution in [0, 0.1) is 6.92 Å². The molecule has 1 heterocycles. The molecule has 7 nitrogen and oxygen atoms in total. The molecule has 196 valence electrons. The number of nitrogens with one attached hydrogen (secondary N) is 1. The molecule has 0 unspecified atom stereocenters. The summed E-state index contributed by atoms with van der Waals surface area (Å²) in [5.41, 5.74) is 3.59. The van der Waals surface area contributed by atoms with Gasteiger partial charge in [-0.1, -0.05) is 48.5 Å². The maximum atomic E-state index is 13.6. The number of rotatable bonds is 5. The molecule has 0 atom stereocenters. The number of para-hydroxylation sites is 2. The van der Waals surface area contributed by atoms with E-state index in [-0.39, 0.29) is 34.0 Å². The minimum Gasteiger partial charge on any atom is -0.505 e. The van der Waals surface area contributed by atoms with Gasteiger partial charge in [0, 0.05) is 16.8 Å². The lowest BCUT2D eigenvalue weighted by Gasteiger charge is -2.19. The number of phenolic OH excluding ortho intramolecular Hbond substituents is 1. The van der Waals surface area contributed by atoms with E-state index < -0.39 is 23.6 Å². The van der Waals surface area contributed by atoms with Crippen LogP contribution in [0.5, 0.6) is 5.75 Å². The summed E-state index contributed by atoms with van der Waals surface area (Å²) in [7, 11) is 0. The summed E-state index contributed by atoms with van der Waals surface area (Å²) < 4.78 is 40.7. The van der Waals surface area contributed by atoms with Crippen molar-refractivity contribution in [1.82, 2.24) is 0 Å². The molecule has 0 saturated carbocycles. The van der Waals surface area contributed by atoms with Crippen LogP contribution in [0.15, 0.2) is 90.0 Å². The predicted molar refractivity (Wildman–Crippen MR) is 140 cm³/mol. The van der Waals surface area contributed by atoms with E-state index in [0.717, 1.165) is 11.0 Å². The number of halogens is 3. The molecule has 1 amide bonds. The number of carboxylic acid groups (broad SMARTS) is 1. The summed E-state index contributed by atoms with van der Waals surface area (Å²) in [6.07, 6.45) is -4.59. The van der Waals surface area contributed by atoms with Crippen LogP contribution < -0.4 is 10.3 Å². The largest absolute Gasteiger partial charge is 0.505 e. The molecule has 0 aliphatic carbocycles. The Bertz CT molecular complexity index is 1660. The maximum Gasteiger partial charge on any atom is 0.416 e. The summed E-state index contributed by atoms with van der Waals surface area (Å²) >= 11 is 0. The molecule has 3 N–H and O–H groups in total. The van der Waals surface area contributed by atoms with Crippen molar-refractivity contribution in [1.29, 1.82) is 0 Å². The van der Waals surface area contributed by atoms with Crippen molar-refractivity contribution < 1.29 is 33.0 Å². The van der Waals surface area contributed by atoms with Gasteiger partial charge in [-0.3, -0.25) is 15.1 Å². The number of carboxylic acids is 1. The van der Waals surface area contributed by atoms with Gasteiger partial charge in [-0.25, -0.2) is 4.79 Å². The van der Waals surface area contributed by atoms with Crippen molar-refractivity contribution in [3.8, 4) is 16.9 Å². The van der Waals surface area contributed by atoms with Crippen molar-refractivity contribution in [2.45, 2.75) is 13.1 Å². The van der Waals surface area contributed by atoms with Crippen molar-refractivity contribution in [2.24, 2.45) is 5.10 Å². The summed E-state index contributed by atoms with van der Waals surface area (Å²) in [4.78, 5) is 26.0. The van der Waals surface area contributed by atoms with E-state index in [1.165, 1.54) is 37.3 Å². The van der Waals surface area contributed by atoms with Gasteiger partial charge in [-0.05, 0) is 54.4 Å². The second kappa shape index (κ2) is 9.64. The zero-order valence-corrected chi connectivity index (χ0v) is 20.3. The van der Waals surface area contributed by atoms with Crippen molar-refractivity contribution in [3.63, 3.8) is 0 Å². The zero-order chi connectivity index (χ0) is 27.9. The molecule has 4 aromatic rings. The molecule has 5 rings (SSSR count). The second-order valence-electron chi connectivity index (χ2n) is 8.81. The first-order valence-corrected chi connectivity index (χ1v) is 11.7. The van der Waals surface area contributed by atoms with E-state index >= 15 is 0 Å². The molecule has 4 aromatic carbocycles. The fourth-order valence-electron chi connectivity index (χ4n) is 4.42. The van der Waals surface area contributed by atoms with Crippen LogP contribution in [0.25, 0.3) is 11.1 Å². The molecule has 39 heavy (non-hydrogen) atoms.